The number of Topliss-reactive ketones (excluding diaryl/α,β-unsaturated/α-hetero) is 1. The predicted molar refractivity (Wildman–Crippen MR) is 95.4 cm³/mol. The first-order valence-electron chi connectivity index (χ1n) is 8.58. The van der Waals surface area contributed by atoms with Crippen LogP contribution < -0.4 is 0 Å². The summed E-state index contributed by atoms with van der Waals surface area (Å²) < 4.78 is 5.58. The molecule has 1 fully saturated rings. The Kier molecular flexibility index (Phi) is 4.99. The van der Waals surface area contributed by atoms with E-state index in [1.54, 1.807) is 11.3 Å². The number of carbonyl (C=O) groups excluding carboxylic acids is 2. The van der Waals surface area contributed by atoms with E-state index >= 15 is 0 Å². The third-order valence-electron chi connectivity index (χ3n) is 4.86. The average Bonchev–Trinajstić information content (AvgIpc) is 3.07. The summed E-state index contributed by atoms with van der Waals surface area (Å²) in [6, 6.07) is 3.97. The summed E-state index contributed by atoms with van der Waals surface area (Å²) in [5, 5.41) is 1.99. The highest BCUT2D eigenvalue weighted by Crippen LogP contribution is 2.44. The van der Waals surface area contributed by atoms with Crippen molar-refractivity contribution in [3.05, 3.63) is 33.7 Å². The van der Waals surface area contributed by atoms with Gasteiger partial charge in [0.2, 0.25) is 0 Å². The number of allylic oxidation sites excluding steroid dienone is 1. The Morgan fingerprint density at radius 2 is 2.21 bits per heavy atom. The molecule has 1 aliphatic heterocycles. The molecule has 4 nitrogen and oxygen atoms in total. The Hall–Kier alpha value is -1.75. The Bertz CT molecular complexity index is 702. The van der Waals surface area contributed by atoms with Gasteiger partial charge in [-0.05, 0) is 44.6 Å². The summed E-state index contributed by atoms with van der Waals surface area (Å²) in [6.45, 7) is 5.73. The predicted octanol–water partition coefficient (Wildman–Crippen LogP) is 4.27. The molecule has 24 heavy (non-hydrogen) atoms. The van der Waals surface area contributed by atoms with Gasteiger partial charge in [-0.25, -0.2) is 4.79 Å². The largest absolute Gasteiger partial charge is 0.459 e. The molecule has 5 heteroatoms. The molecule has 3 rings (SSSR count). The topological polar surface area (TPSA) is 55.7 Å². The van der Waals surface area contributed by atoms with Crippen LogP contribution >= 0.6 is 11.3 Å². The molecule has 0 aromatic carbocycles. The average molecular weight is 345 g/mol. The fraction of sp³-hybridized carbons (Fsp3) is 0.526. The number of carbonyl (C=O) groups is 2. The highest BCUT2D eigenvalue weighted by atomic mass is 32.1. The molecule has 0 amide bonds. The standard InChI is InChI=1S/C19H23NO3S/c1-4-11(2)23-19(22)16-12(3)20-13-7-5-8-14(21)17(13)18(16)15-9-6-10-24-15/h6,9-11,17-18H,4-5,7-8H2,1-3H3/t11-,17+,18-/m1/s1. The molecule has 1 aromatic rings. The Balaban J connectivity index is 2.06. The van der Waals surface area contributed by atoms with E-state index in [1.165, 1.54) is 0 Å². The monoisotopic (exact) mass is 345 g/mol. The van der Waals surface area contributed by atoms with Crippen molar-refractivity contribution < 1.29 is 14.3 Å². The Morgan fingerprint density at radius 1 is 1.42 bits per heavy atom. The highest BCUT2D eigenvalue weighted by molar-refractivity contribution is 7.10. The van der Waals surface area contributed by atoms with E-state index in [2.05, 4.69) is 4.99 Å². The van der Waals surface area contributed by atoms with Crippen molar-refractivity contribution in [2.24, 2.45) is 10.9 Å². The number of ketones is 1. The third kappa shape index (κ3) is 3.09. The van der Waals surface area contributed by atoms with Crippen LogP contribution in [0.15, 0.2) is 33.8 Å². The Labute approximate surface area is 146 Å². The molecule has 0 unspecified atom stereocenters. The van der Waals surface area contributed by atoms with Crippen LogP contribution in [-0.2, 0) is 14.3 Å². The minimum absolute atomic E-state index is 0.144. The summed E-state index contributed by atoms with van der Waals surface area (Å²) in [6.07, 6.45) is 2.88. The zero-order chi connectivity index (χ0) is 17.3. The minimum Gasteiger partial charge on any atom is -0.459 e. The fourth-order valence-electron chi connectivity index (χ4n) is 3.49. The molecule has 1 saturated carbocycles. The zero-order valence-electron chi connectivity index (χ0n) is 14.4. The van der Waals surface area contributed by atoms with E-state index < -0.39 is 0 Å². The van der Waals surface area contributed by atoms with Crippen molar-refractivity contribution in [2.45, 2.75) is 58.5 Å². The maximum atomic E-state index is 12.8. The van der Waals surface area contributed by atoms with Gasteiger partial charge >= 0.3 is 5.97 Å². The second-order valence-electron chi connectivity index (χ2n) is 6.52. The van der Waals surface area contributed by atoms with Crippen molar-refractivity contribution in [2.75, 3.05) is 0 Å². The van der Waals surface area contributed by atoms with Crippen LogP contribution in [0.3, 0.4) is 0 Å². The zero-order valence-corrected chi connectivity index (χ0v) is 15.2. The molecule has 0 radical (unpaired) electrons. The summed E-state index contributed by atoms with van der Waals surface area (Å²) in [5.41, 5.74) is 2.19. The molecule has 128 valence electrons. The van der Waals surface area contributed by atoms with E-state index in [9.17, 15) is 9.59 Å². The van der Waals surface area contributed by atoms with E-state index in [0.717, 1.165) is 29.9 Å². The number of esters is 1. The smallest absolute Gasteiger partial charge is 0.336 e. The molecule has 0 spiro atoms. The van der Waals surface area contributed by atoms with Gasteiger partial charge in [0.1, 0.15) is 5.78 Å². The van der Waals surface area contributed by atoms with Crippen LogP contribution in [0.1, 0.15) is 57.2 Å². The van der Waals surface area contributed by atoms with Gasteiger partial charge in [0, 0.05) is 28.6 Å². The molecule has 2 aliphatic rings. The second-order valence-corrected chi connectivity index (χ2v) is 7.50. The van der Waals surface area contributed by atoms with E-state index in [-0.39, 0.29) is 29.7 Å². The summed E-state index contributed by atoms with van der Waals surface area (Å²) in [5.74, 6) is -0.691. The molecule has 0 saturated heterocycles. The number of nitrogens with zero attached hydrogens (tertiary/aromatic N) is 1. The highest BCUT2D eigenvalue weighted by Gasteiger charge is 2.44. The van der Waals surface area contributed by atoms with Crippen molar-refractivity contribution >= 4 is 28.8 Å². The first kappa shape index (κ1) is 17.1. The summed E-state index contributed by atoms with van der Waals surface area (Å²) >= 11 is 1.59. The number of hydrogen-bond acceptors (Lipinski definition) is 5. The number of fused-ring (bicyclic) bond motifs is 1. The molecular weight excluding hydrogens is 322 g/mol. The SMILES string of the molecule is CC[C@@H](C)OC(=O)C1=C(C)N=C2CCCC(=O)[C@H]2[C@@H]1c1cccs1. The first-order valence-corrected chi connectivity index (χ1v) is 9.46. The van der Waals surface area contributed by atoms with Crippen LogP contribution in [0, 0.1) is 5.92 Å². The minimum atomic E-state index is -0.332. The van der Waals surface area contributed by atoms with Crippen LogP contribution in [0.5, 0.6) is 0 Å². The van der Waals surface area contributed by atoms with Gasteiger partial charge in [-0.1, -0.05) is 13.0 Å². The van der Waals surface area contributed by atoms with Gasteiger partial charge in [0.15, 0.2) is 0 Å². The van der Waals surface area contributed by atoms with Crippen molar-refractivity contribution in [1.29, 1.82) is 0 Å². The molecule has 3 atom stereocenters. The van der Waals surface area contributed by atoms with Crippen molar-refractivity contribution in [3.63, 3.8) is 0 Å². The van der Waals surface area contributed by atoms with Crippen molar-refractivity contribution in [1.82, 2.24) is 0 Å². The van der Waals surface area contributed by atoms with Gasteiger partial charge in [-0.2, -0.15) is 0 Å². The normalized spacial score (nSPS) is 25.1. The first-order chi connectivity index (χ1) is 11.5. The maximum Gasteiger partial charge on any atom is 0.336 e. The lowest BCUT2D eigenvalue weighted by molar-refractivity contribution is -0.144. The molecular formula is C19H23NO3S. The number of ether oxygens (including phenoxy) is 1. The van der Waals surface area contributed by atoms with Crippen molar-refractivity contribution in [3.8, 4) is 0 Å². The fourth-order valence-corrected chi connectivity index (χ4v) is 4.36. The Morgan fingerprint density at radius 3 is 2.88 bits per heavy atom. The second kappa shape index (κ2) is 7.01. The molecule has 2 heterocycles. The lowest BCUT2D eigenvalue weighted by atomic mass is 9.71. The summed E-state index contributed by atoms with van der Waals surface area (Å²) in [7, 11) is 0. The van der Waals surface area contributed by atoms with Crippen LogP contribution in [0.25, 0.3) is 0 Å². The molecule has 0 bridgehead atoms. The van der Waals surface area contributed by atoms with E-state index in [4.69, 9.17) is 4.74 Å². The quantitative estimate of drug-likeness (QED) is 0.766. The number of aliphatic imine (C=N–C) groups is 1. The number of thiophene rings is 1. The molecule has 1 aromatic heterocycles. The maximum absolute atomic E-state index is 12.8. The number of rotatable bonds is 4. The van der Waals surface area contributed by atoms with Gasteiger partial charge in [0.25, 0.3) is 0 Å². The van der Waals surface area contributed by atoms with Gasteiger partial charge in [-0.3, -0.25) is 9.79 Å². The van der Waals surface area contributed by atoms with Crippen LogP contribution in [0.2, 0.25) is 0 Å². The van der Waals surface area contributed by atoms with E-state index in [1.807, 2.05) is 38.3 Å². The number of hydrogen-bond donors (Lipinski definition) is 0. The lowest BCUT2D eigenvalue weighted by Gasteiger charge is -2.35. The molecule has 1 aliphatic carbocycles. The van der Waals surface area contributed by atoms with Gasteiger partial charge in [-0.15, -0.1) is 11.3 Å². The van der Waals surface area contributed by atoms with E-state index in [0.29, 0.717) is 17.7 Å². The van der Waals surface area contributed by atoms with Crippen LogP contribution in [0.4, 0.5) is 0 Å². The lowest BCUT2D eigenvalue weighted by Crippen LogP contribution is -2.39. The van der Waals surface area contributed by atoms with Gasteiger partial charge < -0.3 is 4.74 Å². The summed E-state index contributed by atoms with van der Waals surface area (Å²) in [4.78, 5) is 31.1. The van der Waals surface area contributed by atoms with Crippen LogP contribution in [-0.4, -0.2) is 23.6 Å². The van der Waals surface area contributed by atoms with Gasteiger partial charge in [0.05, 0.1) is 17.6 Å². The third-order valence-corrected chi connectivity index (χ3v) is 5.82. The molecule has 0 N–H and O–H groups in total.